The van der Waals surface area contributed by atoms with E-state index in [2.05, 4.69) is 15.3 Å². The lowest BCUT2D eigenvalue weighted by Gasteiger charge is -2.10. The summed E-state index contributed by atoms with van der Waals surface area (Å²) in [6, 6.07) is 15.2. The first-order valence-corrected chi connectivity index (χ1v) is 8.26. The van der Waals surface area contributed by atoms with Crippen molar-refractivity contribution in [3.8, 4) is 5.88 Å². The Kier molecular flexibility index (Phi) is 4.73. The molecule has 1 amide bonds. The number of anilines is 1. The van der Waals surface area contributed by atoms with Gasteiger partial charge < -0.3 is 10.1 Å². The molecule has 0 aliphatic heterocycles. The molecule has 0 aliphatic carbocycles. The molecule has 23 heavy (non-hydrogen) atoms. The molecule has 0 radical (unpaired) electrons. The largest absolute Gasteiger partial charge is 0.467 e. The smallest absolute Gasteiger partial charge is 0.262 e. The summed E-state index contributed by atoms with van der Waals surface area (Å²) in [6.07, 6.45) is 3.40. The Labute approximate surface area is 138 Å². The Morgan fingerprint density at radius 2 is 1.91 bits per heavy atom. The average molecular weight is 325 g/mol. The van der Waals surface area contributed by atoms with Crippen molar-refractivity contribution in [2.24, 2.45) is 0 Å². The standard InChI is InChI=1S/C17H15N3O2S/c1-23-15-9-5-4-8-14(15)20-16(21)10-22-17-12-6-2-3-7-13(12)18-11-19-17/h2-9,11H,10H2,1H3,(H,20,21). The molecule has 0 unspecified atom stereocenters. The van der Waals surface area contributed by atoms with Crippen LogP contribution in [0.3, 0.4) is 0 Å². The van der Waals surface area contributed by atoms with E-state index in [4.69, 9.17) is 4.74 Å². The van der Waals surface area contributed by atoms with Crippen molar-refractivity contribution in [1.29, 1.82) is 0 Å². The van der Waals surface area contributed by atoms with E-state index >= 15 is 0 Å². The van der Waals surface area contributed by atoms with Gasteiger partial charge in [0.2, 0.25) is 5.88 Å². The Bertz CT molecular complexity index is 833. The van der Waals surface area contributed by atoms with Crippen LogP contribution >= 0.6 is 11.8 Å². The zero-order chi connectivity index (χ0) is 16.1. The van der Waals surface area contributed by atoms with E-state index in [1.165, 1.54) is 6.33 Å². The number of nitrogens with one attached hydrogen (secondary N) is 1. The average Bonchev–Trinajstić information content (AvgIpc) is 2.60. The van der Waals surface area contributed by atoms with Gasteiger partial charge in [0.15, 0.2) is 6.61 Å². The highest BCUT2D eigenvalue weighted by molar-refractivity contribution is 7.98. The molecule has 0 spiro atoms. The highest BCUT2D eigenvalue weighted by Crippen LogP contribution is 2.24. The normalized spacial score (nSPS) is 10.5. The molecule has 0 aliphatic rings. The number of thioether (sulfide) groups is 1. The molecule has 0 fully saturated rings. The highest BCUT2D eigenvalue weighted by atomic mass is 32.2. The lowest BCUT2D eigenvalue weighted by Crippen LogP contribution is -2.20. The fourth-order valence-corrected chi connectivity index (χ4v) is 2.72. The van der Waals surface area contributed by atoms with Crippen LogP contribution in [0, 0.1) is 0 Å². The van der Waals surface area contributed by atoms with Crippen molar-refractivity contribution in [2.75, 3.05) is 18.2 Å². The summed E-state index contributed by atoms with van der Waals surface area (Å²) in [7, 11) is 0. The van der Waals surface area contributed by atoms with Crippen LogP contribution in [-0.2, 0) is 4.79 Å². The van der Waals surface area contributed by atoms with Gasteiger partial charge in [-0.25, -0.2) is 9.97 Å². The van der Waals surface area contributed by atoms with Crippen LogP contribution in [0.4, 0.5) is 5.69 Å². The van der Waals surface area contributed by atoms with Crippen LogP contribution in [0.5, 0.6) is 5.88 Å². The summed E-state index contributed by atoms with van der Waals surface area (Å²) in [4.78, 5) is 21.4. The van der Waals surface area contributed by atoms with E-state index in [1.54, 1.807) is 11.8 Å². The number of fused-ring (bicyclic) bond motifs is 1. The van der Waals surface area contributed by atoms with Gasteiger partial charge in [0, 0.05) is 4.90 Å². The molecule has 5 nitrogen and oxygen atoms in total. The SMILES string of the molecule is CSc1ccccc1NC(=O)COc1ncnc2ccccc12. The van der Waals surface area contributed by atoms with E-state index in [-0.39, 0.29) is 12.5 Å². The fourth-order valence-electron chi connectivity index (χ4n) is 2.16. The number of aromatic nitrogens is 2. The number of rotatable bonds is 5. The number of para-hydroxylation sites is 2. The minimum atomic E-state index is -0.228. The second kappa shape index (κ2) is 7.11. The van der Waals surface area contributed by atoms with Crippen LogP contribution in [0.2, 0.25) is 0 Å². The van der Waals surface area contributed by atoms with Gasteiger partial charge in [-0.05, 0) is 30.5 Å². The van der Waals surface area contributed by atoms with E-state index in [0.717, 1.165) is 21.5 Å². The first kappa shape index (κ1) is 15.3. The topological polar surface area (TPSA) is 64.1 Å². The summed E-state index contributed by atoms with van der Waals surface area (Å²) in [5.41, 5.74) is 1.56. The van der Waals surface area contributed by atoms with Gasteiger partial charge in [0.05, 0.1) is 16.6 Å². The lowest BCUT2D eigenvalue weighted by molar-refractivity contribution is -0.118. The maximum atomic E-state index is 12.1. The number of nitrogens with zero attached hydrogens (tertiary/aromatic N) is 2. The molecule has 6 heteroatoms. The summed E-state index contributed by atoms with van der Waals surface area (Å²) in [6.45, 7) is -0.107. The van der Waals surface area contributed by atoms with Crippen LogP contribution in [0.1, 0.15) is 0 Å². The highest BCUT2D eigenvalue weighted by Gasteiger charge is 2.09. The van der Waals surface area contributed by atoms with Gasteiger partial charge >= 0.3 is 0 Å². The van der Waals surface area contributed by atoms with Crippen molar-refractivity contribution in [3.63, 3.8) is 0 Å². The molecule has 3 aromatic rings. The van der Waals surface area contributed by atoms with Crippen molar-refractivity contribution in [3.05, 3.63) is 54.9 Å². The molecule has 1 heterocycles. The number of carbonyl (C=O) groups is 1. The quantitative estimate of drug-likeness (QED) is 0.729. The summed E-state index contributed by atoms with van der Waals surface area (Å²) >= 11 is 1.58. The zero-order valence-corrected chi connectivity index (χ0v) is 13.3. The van der Waals surface area contributed by atoms with Crippen molar-refractivity contribution in [1.82, 2.24) is 9.97 Å². The number of ether oxygens (including phenoxy) is 1. The third-order valence-electron chi connectivity index (χ3n) is 3.23. The van der Waals surface area contributed by atoms with E-state index in [9.17, 15) is 4.79 Å². The maximum absolute atomic E-state index is 12.1. The Morgan fingerprint density at radius 3 is 2.78 bits per heavy atom. The third kappa shape index (κ3) is 3.60. The molecule has 0 atom stereocenters. The monoisotopic (exact) mass is 325 g/mol. The molecule has 3 rings (SSSR count). The predicted octanol–water partition coefficient (Wildman–Crippen LogP) is 3.37. The third-order valence-corrected chi connectivity index (χ3v) is 4.02. The van der Waals surface area contributed by atoms with Gasteiger partial charge in [0.1, 0.15) is 6.33 Å². The van der Waals surface area contributed by atoms with Gasteiger partial charge in [-0.2, -0.15) is 0 Å². The van der Waals surface area contributed by atoms with Crippen LogP contribution in [0.25, 0.3) is 10.9 Å². The number of hydrogen-bond acceptors (Lipinski definition) is 5. The fraction of sp³-hybridized carbons (Fsp3) is 0.118. The first-order valence-electron chi connectivity index (χ1n) is 7.03. The van der Waals surface area contributed by atoms with E-state index in [1.807, 2.05) is 54.8 Å². The van der Waals surface area contributed by atoms with Gasteiger partial charge in [-0.15, -0.1) is 11.8 Å². The Morgan fingerprint density at radius 1 is 1.13 bits per heavy atom. The van der Waals surface area contributed by atoms with Crippen LogP contribution < -0.4 is 10.1 Å². The molecule has 1 aromatic heterocycles. The second-order valence-corrected chi connectivity index (χ2v) is 5.58. The van der Waals surface area contributed by atoms with Crippen molar-refractivity contribution in [2.45, 2.75) is 4.90 Å². The zero-order valence-electron chi connectivity index (χ0n) is 12.5. The van der Waals surface area contributed by atoms with Gasteiger partial charge in [-0.1, -0.05) is 24.3 Å². The molecular formula is C17H15N3O2S. The first-order chi connectivity index (χ1) is 11.3. The lowest BCUT2D eigenvalue weighted by atomic mass is 10.2. The van der Waals surface area contributed by atoms with Gasteiger partial charge in [0.25, 0.3) is 5.91 Å². The molecule has 2 aromatic carbocycles. The predicted molar refractivity (Wildman–Crippen MR) is 91.9 cm³/mol. The Balaban J connectivity index is 1.69. The summed E-state index contributed by atoms with van der Waals surface area (Å²) in [5.74, 6) is 0.179. The van der Waals surface area contributed by atoms with Crippen molar-refractivity contribution >= 4 is 34.3 Å². The van der Waals surface area contributed by atoms with Crippen molar-refractivity contribution < 1.29 is 9.53 Å². The number of amides is 1. The molecule has 116 valence electrons. The minimum absolute atomic E-state index is 0.107. The van der Waals surface area contributed by atoms with Crippen LogP contribution in [0.15, 0.2) is 59.8 Å². The number of benzene rings is 2. The minimum Gasteiger partial charge on any atom is -0.467 e. The Hall–Kier alpha value is -2.60. The van der Waals surface area contributed by atoms with Crippen LogP contribution in [-0.4, -0.2) is 28.7 Å². The molecule has 0 saturated carbocycles. The maximum Gasteiger partial charge on any atom is 0.262 e. The number of hydrogen-bond donors (Lipinski definition) is 1. The summed E-state index contributed by atoms with van der Waals surface area (Å²) < 4.78 is 5.56. The second-order valence-electron chi connectivity index (χ2n) is 4.73. The van der Waals surface area contributed by atoms with E-state index < -0.39 is 0 Å². The van der Waals surface area contributed by atoms with Gasteiger partial charge in [-0.3, -0.25) is 4.79 Å². The summed E-state index contributed by atoms with van der Waals surface area (Å²) in [5, 5.41) is 3.64. The molecule has 0 saturated heterocycles. The van der Waals surface area contributed by atoms with E-state index in [0.29, 0.717) is 5.88 Å². The molecule has 1 N–H and O–H groups in total. The molecule has 0 bridgehead atoms. The number of carbonyl (C=O) groups excluding carboxylic acids is 1. The molecular weight excluding hydrogens is 310 g/mol.